The Kier molecular flexibility index (Phi) is 35.9. The van der Waals surface area contributed by atoms with E-state index in [9.17, 15) is 0 Å². The Balaban J connectivity index is -0.0000000300. The van der Waals surface area contributed by atoms with E-state index in [0.717, 1.165) is 0 Å². The number of nitrogens with zero attached hydrogens (tertiary/aromatic N) is 1. The van der Waals surface area contributed by atoms with Crippen molar-refractivity contribution in [3.63, 3.8) is 0 Å². The second-order valence-electron chi connectivity index (χ2n) is 0.488. The zero-order valence-corrected chi connectivity index (χ0v) is 5.44. The van der Waals surface area contributed by atoms with Gasteiger partial charge in [0, 0.05) is 0 Å². The van der Waals surface area contributed by atoms with Crippen LogP contribution in [0.2, 0.25) is 0 Å². The van der Waals surface area contributed by atoms with Crippen LogP contribution in [-0.2, 0) is 0 Å². The normalized spacial score (nSPS) is 4.80. The number of hydrogen-bond donors (Lipinski definition) is 1. The van der Waals surface area contributed by atoms with Crippen molar-refractivity contribution >= 4 is 6.16 Å². The van der Waals surface area contributed by atoms with E-state index in [1.54, 1.807) is 0 Å². The van der Waals surface area contributed by atoms with Crippen molar-refractivity contribution < 1.29 is 63.0 Å². The fourth-order valence-electron chi connectivity index (χ4n) is 0. The molecule has 0 aromatic carbocycles. The van der Waals surface area contributed by atoms with Crippen LogP contribution in [-0.4, -0.2) is 16.4 Å². The number of rotatable bonds is 0. The molecule has 9 heteroatoms. The van der Waals surface area contributed by atoms with Gasteiger partial charge in [-0.15, -0.1) is 10.1 Å². The van der Waals surface area contributed by atoms with Gasteiger partial charge in [0.05, 0.1) is 0 Å². The van der Waals surface area contributed by atoms with Gasteiger partial charge in [0.1, 0.15) is 0 Å². The van der Waals surface area contributed by atoms with E-state index in [4.69, 9.17) is 30.3 Å². The molecular weight excluding hydrogens is 136 g/mol. The standard InChI is InChI=1S/CH2O3.2Li.HNO3/c2-1(3)4;;;2-1(3)4/h(H2,2,3,4);;;(H,2,3,4)/q;2*+1;/p-2. The van der Waals surface area contributed by atoms with Crippen LogP contribution in [0.5, 0.6) is 0 Å². The summed E-state index contributed by atoms with van der Waals surface area (Å²) in [6.07, 6.45) is -2.33. The van der Waals surface area contributed by atoms with Crippen molar-refractivity contribution in [3.8, 4) is 0 Å². The van der Waals surface area contributed by atoms with Gasteiger partial charge in [-0.3, -0.25) is 0 Å². The monoisotopic (exact) mass is 137 g/mol. The average Bonchev–Trinajstić information content (AvgIpc) is 1.25. The van der Waals surface area contributed by atoms with Crippen LogP contribution in [0.3, 0.4) is 0 Å². The third kappa shape index (κ3) is 3030. The van der Waals surface area contributed by atoms with Crippen LogP contribution < -0.4 is 47.9 Å². The molecule has 0 atom stereocenters. The molecule has 10 heavy (non-hydrogen) atoms. The molecule has 0 aliphatic carbocycles. The van der Waals surface area contributed by atoms with E-state index in [2.05, 4.69) is 0 Å². The van der Waals surface area contributed by atoms with Gasteiger partial charge >= 0.3 is 37.7 Å². The molecule has 0 aliphatic rings. The van der Waals surface area contributed by atoms with E-state index in [0.29, 0.717) is 0 Å². The molecule has 1 N–H and O–H groups in total. The first-order chi connectivity index (χ1) is 3.46. The first-order valence-electron chi connectivity index (χ1n) is 1.18. The van der Waals surface area contributed by atoms with Crippen molar-refractivity contribution in [2.24, 2.45) is 0 Å². The van der Waals surface area contributed by atoms with Crippen molar-refractivity contribution in [2.45, 2.75) is 0 Å². The topological polar surface area (TPSA) is 127 Å². The zero-order chi connectivity index (χ0) is 7.15. The SMILES string of the molecule is O=C([O-])[O-].O=[N+]([O-])O.[Li+].[Li+]. The zero-order valence-electron chi connectivity index (χ0n) is 5.44. The van der Waals surface area contributed by atoms with Crippen molar-refractivity contribution in [1.82, 2.24) is 0 Å². The average molecular weight is 137 g/mol. The van der Waals surface area contributed by atoms with E-state index < -0.39 is 11.2 Å². The summed E-state index contributed by atoms with van der Waals surface area (Å²) in [4.78, 5) is 16.7. The Morgan fingerprint density at radius 3 is 1.30 bits per heavy atom. The minimum absolute atomic E-state index is 0. The van der Waals surface area contributed by atoms with Gasteiger partial charge in [-0.2, -0.15) is 0 Å². The van der Waals surface area contributed by atoms with E-state index in [1.165, 1.54) is 0 Å². The third-order valence-corrected chi connectivity index (χ3v) is 0. The largest absolute Gasteiger partial charge is 1.00 e. The molecule has 0 aromatic heterocycles. The number of hydrogen-bond acceptors (Lipinski definition) is 5. The number of carboxylic acid groups (broad SMARTS) is 2. The second kappa shape index (κ2) is 15.9. The Bertz CT molecular complexity index is 73.7. The predicted molar refractivity (Wildman–Crippen MR) is 14.2 cm³/mol. The Morgan fingerprint density at radius 2 is 1.30 bits per heavy atom. The van der Waals surface area contributed by atoms with Crippen LogP contribution in [0.4, 0.5) is 4.79 Å². The van der Waals surface area contributed by atoms with Crippen LogP contribution in [0.1, 0.15) is 0 Å². The molecule has 0 spiro atoms. The maximum Gasteiger partial charge on any atom is 1.00 e. The van der Waals surface area contributed by atoms with Gasteiger partial charge in [-0.1, -0.05) is 0 Å². The predicted octanol–water partition coefficient (Wildman–Crippen LogP) is -8.79. The molecule has 0 unspecified atom stereocenters. The Hall–Kier alpha value is -0.335. The van der Waals surface area contributed by atoms with E-state index >= 15 is 0 Å². The molecular formula is CHLi2NO6. The van der Waals surface area contributed by atoms with Gasteiger partial charge in [-0.05, 0) is 6.16 Å². The quantitative estimate of drug-likeness (QED) is 0.200. The molecule has 0 saturated heterocycles. The van der Waals surface area contributed by atoms with Crippen LogP contribution >= 0.6 is 0 Å². The van der Waals surface area contributed by atoms with Crippen LogP contribution in [0, 0.1) is 10.1 Å². The van der Waals surface area contributed by atoms with Gasteiger partial charge in [-0.25, -0.2) is 0 Å². The molecule has 0 fully saturated rings. The second-order valence-corrected chi connectivity index (χ2v) is 0.488. The van der Waals surface area contributed by atoms with Gasteiger partial charge in [0.15, 0.2) is 0 Å². The van der Waals surface area contributed by atoms with Gasteiger partial charge < -0.3 is 20.2 Å². The number of carbonyl (C=O) groups is 1. The van der Waals surface area contributed by atoms with Crippen molar-refractivity contribution in [1.29, 1.82) is 0 Å². The summed E-state index contributed by atoms with van der Waals surface area (Å²) in [5.41, 5.74) is 0. The molecule has 0 rings (SSSR count). The number of carbonyl (C=O) groups excluding carboxylic acids is 1. The summed E-state index contributed by atoms with van der Waals surface area (Å²) in [5.74, 6) is 0. The van der Waals surface area contributed by atoms with Crippen molar-refractivity contribution in [3.05, 3.63) is 10.1 Å². The summed E-state index contributed by atoms with van der Waals surface area (Å²) >= 11 is 0. The molecule has 0 aromatic rings. The molecule has 48 valence electrons. The smallest absolute Gasteiger partial charge is 0.652 e. The molecule has 0 aliphatic heterocycles. The van der Waals surface area contributed by atoms with Crippen LogP contribution in [0.25, 0.3) is 0 Å². The maximum atomic E-state index is 8.36. The summed E-state index contributed by atoms with van der Waals surface area (Å²) in [5, 5.41) is 30.3. The Morgan fingerprint density at radius 1 is 1.30 bits per heavy atom. The minimum atomic E-state index is -2.33. The molecule has 0 bridgehead atoms. The minimum Gasteiger partial charge on any atom is -0.652 e. The summed E-state index contributed by atoms with van der Waals surface area (Å²) in [6, 6.07) is 0. The van der Waals surface area contributed by atoms with Crippen LogP contribution in [0.15, 0.2) is 0 Å². The molecule has 0 radical (unpaired) electrons. The first kappa shape index (κ1) is 22.6. The van der Waals surface area contributed by atoms with Gasteiger partial charge in [0.2, 0.25) is 0 Å². The van der Waals surface area contributed by atoms with Gasteiger partial charge in [0.25, 0.3) is 5.09 Å². The van der Waals surface area contributed by atoms with E-state index in [-0.39, 0.29) is 37.7 Å². The fourth-order valence-corrected chi connectivity index (χ4v) is 0. The summed E-state index contributed by atoms with van der Waals surface area (Å²) in [7, 11) is 0. The molecule has 7 nitrogen and oxygen atoms in total. The van der Waals surface area contributed by atoms with E-state index in [1.807, 2.05) is 0 Å². The molecule has 0 amide bonds. The van der Waals surface area contributed by atoms with Crippen molar-refractivity contribution in [2.75, 3.05) is 0 Å². The summed E-state index contributed by atoms with van der Waals surface area (Å²) in [6.45, 7) is 0. The summed E-state index contributed by atoms with van der Waals surface area (Å²) < 4.78 is 0. The molecule has 0 heterocycles. The fraction of sp³-hybridized carbons (Fsp3) is 0. The maximum absolute atomic E-state index is 8.36. The first-order valence-corrected chi connectivity index (χ1v) is 1.18. The Labute approximate surface area is 79.5 Å². The molecule has 0 saturated carbocycles. The third-order valence-electron chi connectivity index (χ3n) is 0.